The average molecular weight is 521 g/mol. The van der Waals surface area contributed by atoms with Crippen molar-refractivity contribution < 1.29 is 23.8 Å². The van der Waals surface area contributed by atoms with Gasteiger partial charge >= 0.3 is 12.1 Å². The van der Waals surface area contributed by atoms with Crippen LogP contribution >= 0.6 is 11.3 Å². The van der Waals surface area contributed by atoms with Gasteiger partial charge in [-0.05, 0) is 67.6 Å². The van der Waals surface area contributed by atoms with Gasteiger partial charge in [-0.3, -0.25) is 4.79 Å². The molecule has 0 spiro atoms. The van der Waals surface area contributed by atoms with E-state index in [1.54, 1.807) is 31.3 Å². The van der Waals surface area contributed by atoms with Crippen molar-refractivity contribution >= 4 is 39.4 Å². The highest BCUT2D eigenvalue weighted by Gasteiger charge is 2.24. The molecule has 0 bridgehead atoms. The first-order valence-electron chi connectivity index (χ1n) is 12.1. The Morgan fingerprint density at radius 2 is 1.81 bits per heavy atom. The fourth-order valence-corrected chi connectivity index (χ4v) is 5.08. The molecule has 10 heteroatoms. The molecule has 1 aliphatic heterocycles. The number of nitrogens with one attached hydrogen (secondary N) is 2. The first kappa shape index (κ1) is 26.0. The molecule has 2 N–H and O–H groups in total. The van der Waals surface area contributed by atoms with E-state index in [0.717, 1.165) is 20.5 Å². The predicted octanol–water partition coefficient (Wildman–Crippen LogP) is 4.12. The Morgan fingerprint density at radius 3 is 2.49 bits per heavy atom. The third-order valence-electron chi connectivity index (χ3n) is 5.72. The van der Waals surface area contributed by atoms with Gasteiger partial charge in [0, 0.05) is 9.58 Å². The summed E-state index contributed by atoms with van der Waals surface area (Å²) in [6, 6.07) is 17.3. The normalized spacial score (nSPS) is 15.6. The van der Waals surface area contributed by atoms with Crippen LogP contribution in [0.2, 0.25) is 0 Å². The first-order valence-corrected chi connectivity index (χ1v) is 12.9. The number of fused-ring (bicyclic) bond motifs is 1. The summed E-state index contributed by atoms with van der Waals surface area (Å²) in [6.45, 7) is 5.03. The summed E-state index contributed by atoms with van der Waals surface area (Å²) < 4.78 is 17.3. The smallest absolute Gasteiger partial charge is 0.436 e. The molecule has 192 valence electrons. The molecule has 0 radical (unpaired) electrons. The van der Waals surface area contributed by atoms with E-state index in [9.17, 15) is 9.59 Å². The van der Waals surface area contributed by atoms with Crippen molar-refractivity contribution in [2.24, 2.45) is 4.99 Å². The molecule has 1 atom stereocenters. The molecule has 4 rings (SSSR count). The number of aliphatic imine (C=N–C) groups is 1. The SMILES string of the molecule is CCOC(=O)N=C1NCC(Oc2ccc(C(Cc3cc4cc(C#N)ccc4s3)C(=O)OCC)cc2)CN1. The van der Waals surface area contributed by atoms with Crippen LogP contribution in [0.25, 0.3) is 10.1 Å². The number of esters is 1. The summed E-state index contributed by atoms with van der Waals surface area (Å²) in [5.74, 6) is 0.283. The topological polar surface area (TPSA) is 122 Å². The lowest BCUT2D eigenvalue weighted by atomic mass is 9.94. The molecule has 9 nitrogen and oxygen atoms in total. The standard InChI is InChI=1S/C27H28N4O5S/c1-3-34-25(32)23(13-22-12-19-11-17(14-28)5-10-24(19)37-22)18-6-8-20(9-7-18)36-21-15-29-26(30-16-21)31-27(33)35-4-2/h5-12,21,23H,3-4,13,15-16H2,1-2H3,(H2,29,30,31,33). The molecule has 1 aromatic heterocycles. The molecule has 1 saturated heterocycles. The van der Waals surface area contributed by atoms with Crippen LogP contribution in [0.4, 0.5) is 4.79 Å². The van der Waals surface area contributed by atoms with E-state index in [1.807, 2.05) is 42.5 Å². The molecule has 1 amide bonds. The Hall–Kier alpha value is -4.10. The van der Waals surface area contributed by atoms with Gasteiger partial charge in [0.2, 0.25) is 5.96 Å². The number of hydrogen-bond donors (Lipinski definition) is 2. The van der Waals surface area contributed by atoms with Crippen molar-refractivity contribution in [1.29, 1.82) is 5.26 Å². The Balaban J connectivity index is 1.42. The maximum atomic E-state index is 12.9. The second-order valence-electron chi connectivity index (χ2n) is 8.32. The van der Waals surface area contributed by atoms with Crippen LogP contribution in [0.3, 0.4) is 0 Å². The number of thiophene rings is 1. The molecule has 0 aliphatic carbocycles. The summed E-state index contributed by atoms with van der Waals surface area (Å²) in [6.07, 6.45) is -0.324. The van der Waals surface area contributed by atoms with Crippen LogP contribution in [0.5, 0.6) is 5.75 Å². The summed E-state index contributed by atoms with van der Waals surface area (Å²) >= 11 is 1.61. The van der Waals surface area contributed by atoms with Gasteiger partial charge in [0.05, 0.1) is 43.9 Å². The maximum Gasteiger partial charge on any atom is 0.436 e. The minimum atomic E-state index is -0.647. The zero-order valence-electron chi connectivity index (χ0n) is 20.7. The number of guanidine groups is 1. The summed E-state index contributed by atoms with van der Waals surface area (Å²) in [5.41, 5.74) is 1.45. The second-order valence-corrected chi connectivity index (χ2v) is 9.48. The molecule has 3 aromatic rings. The highest BCUT2D eigenvalue weighted by atomic mass is 32.1. The van der Waals surface area contributed by atoms with Gasteiger partial charge in [0.1, 0.15) is 11.9 Å². The lowest BCUT2D eigenvalue weighted by molar-refractivity contribution is -0.144. The van der Waals surface area contributed by atoms with Crippen LogP contribution in [0, 0.1) is 11.3 Å². The number of hydrogen-bond acceptors (Lipinski definition) is 7. The van der Waals surface area contributed by atoms with Crippen molar-refractivity contribution in [1.82, 2.24) is 10.6 Å². The lowest BCUT2D eigenvalue weighted by Gasteiger charge is -2.27. The van der Waals surface area contributed by atoms with Gasteiger partial charge in [0.25, 0.3) is 0 Å². The highest BCUT2D eigenvalue weighted by Crippen LogP contribution is 2.32. The molecule has 2 aromatic carbocycles. The van der Waals surface area contributed by atoms with Gasteiger partial charge in [0.15, 0.2) is 0 Å². The van der Waals surface area contributed by atoms with E-state index in [1.165, 1.54) is 0 Å². The van der Waals surface area contributed by atoms with Crippen LogP contribution in [-0.4, -0.2) is 50.4 Å². The second kappa shape index (κ2) is 12.2. The molecular formula is C27H28N4O5S. The van der Waals surface area contributed by atoms with Crippen LogP contribution in [0.15, 0.2) is 53.5 Å². The van der Waals surface area contributed by atoms with Gasteiger partial charge in [-0.2, -0.15) is 5.26 Å². The third kappa shape index (κ3) is 6.77. The Bertz CT molecular complexity index is 1320. The minimum absolute atomic E-state index is 0.176. The zero-order valence-corrected chi connectivity index (χ0v) is 21.5. The Kier molecular flexibility index (Phi) is 8.59. The number of nitriles is 1. The Morgan fingerprint density at radius 1 is 1.08 bits per heavy atom. The van der Waals surface area contributed by atoms with Crippen molar-refractivity contribution in [3.8, 4) is 11.8 Å². The zero-order chi connectivity index (χ0) is 26.2. The van der Waals surface area contributed by atoms with Gasteiger partial charge in [-0.15, -0.1) is 16.3 Å². The number of amides is 1. The fourth-order valence-electron chi connectivity index (χ4n) is 3.99. The number of benzene rings is 2. The molecule has 1 aliphatic rings. The molecule has 0 saturated carbocycles. The van der Waals surface area contributed by atoms with Gasteiger partial charge in [-0.1, -0.05) is 12.1 Å². The molecule has 2 heterocycles. The predicted molar refractivity (Wildman–Crippen MR) is 141 cm³/mol. The van der Waals surface area contributed by atoms with Crippen molar-refractivity contribution in [3.05, 3.63) is 64.5 Å². The van der Waals surface area contributed by atoms with Crippen molar-refractivity contribution in [2.45, 2.75) is 32.3 Å². The van der Waals surface area contributed by atoms with Crippen LogP contribution < -0.4 is 15.4 Å². The fraction of sp³-hybridized carbons (Fsp3) is 0.333. The average Bonchev–Trinajstić information content (AvgIpc) is 3.31. The molecule has 1 unspecified atom stereocenters. The monoisotopic (exact) mass is 520 g/mol. The minimum Gasteiger partial charge on any atom is -0.487 e. The summed E-state index contributed by atoms with van der Waals surface area (Å²) in [7, 11) is 0. The van der Waals surface area contributed by atoms with E-state index in [-0.39, 0.29) is 18.7 Å². The van der Waals surface area contributed by atoms with E-state index in [0.29, 0.717) is 43.4 Å². The van der Waals surface area contributed by atoms with E-state index in [4.69, 9.17) is 19.5 Å². The van der Waals surface area contributed by atoms with Crippen LogP contribution in [-0.2, 0) is 20.7 Å². The summed E-state index contributed by atoms with van der Waals surface area (Å²) in [4.78, 5) is 29.2. The van der Waals surface area contributed by atoms with Crippen molar-refractivity contribution in [2.75, 3.05) is 26.3 Å². The Labute approximate surface area is 219 Å². The van der Waals surface area contributed by atoms with Crippen molar-refractivity contribution in [3.63, 3.8) is 0 Å². The number of carbonyl (C=O) groups excluding carboxylic acids is 2. The number of ether oxygens (including phenoxy) is 3. The summed E-state index contributed by atoms with van der Waals surface area (Å²) in [5, 5.41) is 16.2. The van der Waals surface area contributed by atoms with E-state index >= 15 is 0 Å². The highest BCUT2D eigenvalue weighted by molar-refractivity contribution is 7.19. The maximum absolute atomic E-state index is 12.9. The van der Waals surface area contributed by atoms with E-state index < -0.39 is 12.0 Å². The number of carbonyl (C=O) groups is 2. The molecule has 37 heavy (non-hydrogen) atoms. The largest absolute Gasteiger partial charge is 0.487 e. The number of nitrogens with zero attached hydrogens (tertiary/aromatic N) is 2. The quantitative estimate of drug-likeness (QED) is 0.426. The van der Waals surface area contributed by atoms with Crippen LogP contribution in [0.1, 0.15) is 35.8 Å². The molecule has 1 fully saturated rings. The number of rotatable bonds is 8. The lowest BCUT2D eigenvalue weighted by Crippen LogP contribution is -2.54. The van der Waals surface area contributed by atoms with Gasteiger partial charge in [-0.25, -0.2) is 4.79 Å². The van der Waals surface area contributed by atoms with E-state index in [2.05, 4.69) is 21.7 Å². The first-order chi connectivity index (χ1) is 18.0. The molecular weight excluding hydrogens is 492 g/mol. The third-order valence-corrected chi connectivity index (χ3v) is 6.86. The van der Waals surface area contributed by atoms with Gasteiger partial charge < -0.3 is 24.8 Å².